The minimum Gasteiger partial charge on any atom is -0.390 e. The van der Waals surface area contributed by atoms with E-state index in [4.69, 9.17) is 0 Å². The average molecular weight is 302 g/mol. The lowest BCUT2D eigenvalue weighted by Gasteiger charge is -2.15. The summed E-state index contributed by atoms with van der Waals surface area (Å²) in [7, 11) is -3.52. The molecule has 0 aliphatic carbocycles. The largest absolute Gasteiger partial charge is 0.390 e. The summed E-state index contributed by atoms with van der Waals surface area (Å²) in [5.74, 6) is 0.695. The number of aliphatic hydroxyl groups excluding tert-OH is 1. The molecule has 1 atom stereocenters. The van der Waals surface area contributed by atoms with E-state index in [9.17, 15) is 13.5 Å². The maximum absolute atomic E-state index is 12.3. The van der Waals surface area contributed by atoms with Gasteiger partial charge in [0.05, 0.1) is 11.5 Å². The Hall–Kier alpha value is -0.850. The standard InChI is InChI=1S/C14H26N2O3S/c1-10(2)12(5)7-15-20(18,19)14-6-13(9-17)16(8-14)11(3)4/h6,8,10-12,15,17H,7,9H2,1-5H3. The number of sulfonamides is 1. The first-order valence-electron chi connectivity index (χ1n) is 7.00. The predicted molar refractivity (Wildman–Crippen MR) is 79.9 cm³/mol. The Kier molecular flexibility index (Phi) is 5.79. The van der Waals surface area contributed by atoms with Crippen LogP contribution >= 0.6 is 0 Å². The number of nitrogens with zero attached hydrogens (tertiary/aromatic N) is 1. The number of aliphatic hydroxyl groups is 1. The highest BCUT2D eigenvalue weighted by Gasteiger charge is 2.20. The van der Waals surface area contributed by atoms with Crippen molar-refractivity contribution in [1.29, 1.82) is 0 Å². The van der Waals surface area contributed by atoms with E-state index in [1.54, 1.807) is 10.8 Å². The molecule has 1 rings (SSSR count). The number of hydrogen-bond acceptors (Lipinski definition) is 3. The molecule has 0 saturated carbocycles. The molecule has 0 amide bonds. The second-order valence-corrected chi connectivity index (χ2v) is 7.67. The first kappa shape index (κ1) is 17.2. The van der Waals surface area contributed by atoms with Gasteiger partial charge < -0.3 is 9.67 Å². The fourth-order valence-electron chi connectivity index (χ4n) is 1.81. The Morgan fingerprint density at radius 3 is 2.25 bits per heavy atom. The summed E-state index contributed by atoms with van der Waals surface area (Å²) < 4.78 is 28.9. The summed E-state index contributed by atoms with van der Waals surface area (Å²) in [6, 6.07) is 1.64. The molecule has 2 N–H and O–H groups in total. The Balaban J connectivity index is 2.93. The Labute approximate surface area is 122 Å². The van der Waals surface area contributed by atoms with Gasteiger partial charge in [-0.25, -0.2) is 13.1 Å². The predicted octanol–water partition coefficient (Wildman–Crippen LogP) is 2.13. The molecule has 1 aromatic heterocycles. The number of rotatable bonds is 7. The van der Waals surface area contributed by atoms with Gasteiger partial charge in [-0.15, -0.1) is 0 Å². The smallest absolute Gasteiger partial charge is 0.242 e. The van der Waals surface area contributed by atoms with Gasteiger partial charge in [0.2, 0.25) is 10.0 Å². The van der Waals surface area contributed by atoms with E-state index in [0.717, 1.165) is 0 Å². The summed E-state index contributed by atoms with van der Waals surface area (Å²) in [5, 5.41) is 9.30. The molecule has 0 fully saturated rings. The lowest BCUT2D eigenvalue weighted by molar-refractivity contribution is 0.268. The molecule has 5 nitrogen and oxygen atoms in total. The van der Waals surface area contributed by atoms with Crippen molar-refractivity contribution in [2.75, 3.05) is 6.54 Å². The van der Waals surface area contributed by atoms with Crippen molar-refractivity contribution < 1.29 is 13.5 Å². The Morgan fingerprint density at radius 1 is 1.25 bits per heavy atom. The van der Waals surface area contributed by atoms with E-state index >= 15 is 0 Å². The van der Waals surface area contributed by atoms with Gasteiger partial charge in [0.15, 0.2) is 0 Å². The van der Waals surface area contributed by atoms with E-state index in [0.29, 0.717) is 18.2 Å². The van der Waals surface area contributed by atoms with Crippen LogP contribution in [0.15, 0.2) is 17.2 Å². The fourth-order valence-corrected chi connectivity index (χ4v) is 3.00. The highest BCUT2D eigenvalue weighted by Crippen LogP contribution is 2.19. The molecular formula is C14H26N2O3S. The van der Waals surface area contributed by atoms with Crippen molar-refractivity contribution in [2.45, 2.75) is 52.2 Å². The third-order valence-electron chi connectivity index (χ3n) is 3.67. The van der Waals surface area contributed by atoms with Gasteiger partial charge in [0.25, 0.3) is 0 Å². The van der Waals surface area contributed by atoms with Gasteiger partial charge in [-0.3, -0.25) is 0 Å². The SMILES string of the molecule is CC(C)C(C)CNS(=O)(=O)c1cc(CO)n(C(C)C)c1. The maximum Gasteiger partial charge on any atom is 0.242 e. The lowest BCUT2D eigenvalue weighted by atomic mass is 9.99. The van der Waals surface area contributed by atoms with E-state index in [2.05, 4.69) is 18.6 Å². The van der Waals surface area contributed by atoms with Gasteiger partial charge in [-0.1, -0.05) is 20.8 Å². The van der Waals surface area contributed by atoms with Gasteiger partial charge in [-0.05, 0) is 31.7 Å². The van der Waals surface area contributed by atoms with Crippen LogP contribution in [0.1, 0.15) is 46.4 Å². The monoisotopic (exact) mass is 302 g/mol. The Bertz CT molecular complexity index is 533. The second kappa shape index (κ2) is 6.74. The summed E-state index contributed by atoms with van der Waals surface area (Å²) in [6.45, 7) is 10.3. The molecule has 0 spiro atoms. The van der Waals surface area contributed by atoms with Gasteiger partial charge in [0.1, 0.15) is 0 Å². The first-order valence-corrected chi connectivity index (χ1v) is 8.48. The molecule has 0 aliphatic rings. The van der Waals surface area contributed by atoms with Crippen molar-refractivity contribution in [3.63, 3.8) is 0 Å². The van der Waals surface area contributed by atoms with Crippen LogP contribution in [-0.2, 0) is 16.6 Å². The van der Waals surface area contributed by atoms with Crippen LogP contribution in [0.25, 0.3) is 0 Å². The molecule has 1 aromatic rings. The van der Waals surface area contributed by atoms with Crippen molar-refractivity contribution >= 4 is 10.0 Å². The molecular weight excluding hydrogens is 276 g/mol. The number of nitrogens with one attached hydrogen (secondary N) is 1. The summed E-state index contributed by atoms with van der Waals surface area (Å²) in [5.41, 5.74) is 0.609. The van der Waals surface area contributed by atoms with Crippen LogP contribution in [0.3, 0.4) is 0 Å². The molecule has 0 bridgehead atoms. The van der Waals surface area contributed by atoms with E-state index < -0.39 is 10.0 Å². The third-order valence-corrected chi connectivity index (χ3v) is 5.06. The minimum absolute atomic E-state index is 0.107. The van der Waals surface area contributed by atoms with E-state index in [1.165, 1.54) is 6.07 Å². The quantitative estimate of drug-likeness (QED) is 0.810. The number of hydrogen-bond donors (Lipinski definition) is 2. The van der Waals surface area contributed by atoms with Gasteiger partial charge in [-0.2, -0.15) is 0 Å². The topological polar surface area (TPSA) is 71.3 Å². The molecule has 1 unspecified atom stereocenters. The molecule has 0 aliphatic heterocycles. The second-order valence-electron chi connectivity index (χ2n) is 5.90. The molecule has 6 heteroatoms. The molecule has 0 radical (unpaired) electrons. The normalized spacial score (nSPS) is 14.2. The van der Waals surface area contributed by atoms with Crippen molar-refractivity contribution in [2.24, 2.45) is 11.8 Å². The zero-order valence-electron chi connectivity index (χ0n) is 12.9. The molecule has 116 valence electrons. The molecule has 0 aromatic carbocycles. The number of aromatic nitrogens is 1. The van der Waals surface area contributed by atoms with Crippen LogP contribution in [0.5, 0.6) is 0 Å². The maximum atomic E-state index is 12.3. The highest BCUT2D eigenvalue weighted by molar-refractivity contribution is 7.89. The minimum atomic E-state index is -3.52. The van der Waals surface area contributed by atoms with Crippen molar-refractivity contribution in [3.8, 4) is 0 Å². The van der Waals surface area contributed by atoms with Crippen LogP contribution in [0.2, 0.25) is 0 Å². The van der Waals surface area contributed by atoms with E-state index in [1.807, 2.05) is 20.8 Å². The summed E-state index contributed by atoms with van der Waals surface area (Å²) in [6.07, 6.45) is 1.58. The Morgan fingerprint density at radius 2 is 1.85 bits per heavy atom. The molecule has 20 heavy (non-hydrogen) atoms. The van der Waals surface area contributed by atoms with Gasteiger partial charge >= 0.3 is 0 Å². The first-order chi connectivity index (χ1) is 9.19. The fraction of sp³-hybridized carbons (Fsp3) is 0.714. The van der Waals surface area contributed by atoms with Crippen LogP contribution < -0.4 is 4.72 Å². The van der Waals surface area contributed by atoms with Crippen LogP contribution in [0.4, 0.5) is 0 Å². The van der Waals surface area contributed by atoms with Gasteiger partial charge in [0, 0.05) is 24.5 Å². The lowest BCUT2D eigenvalue weighted by Crippen LogP contribution is -2.30. The van der Waals surface area contributed by atoms with Crippen LogP contribution in [-0.4, -0.2) is 24.6 Å². The van der Waals surface area contributed by atoms with Crippen molar-refractivity contribution in [1.82, 2.24) is 9.29 Å². The van der Waals surface area contributed by atoms with Crippen LogP contribution in [0, 0.1) is 11.8 Å². The summed E-state index contributed by atoms with van der Waals surface area (Å²) >= 11 is 0. The highest BCUT2D eigenvalue weighted by atomic mass is 32.2. The van der Waals surface area contributed by atoms with E-state index in [-0.39, 0.29) is 23.5 Å². The zero-order chi connectivity index (χ0) is 15.5. The average Bonchev–Trinajstić information content (AvgIpc) is 2.80. The summed E-state index contributed by atoms with van der Waals surface area (Å²) in [4.78, 5) is 0.214. The zero-order valence-corrected chi connectivity index (χ0v) is 13.7. The molecule has 1 heterocycles. The third kappa shape index (κ3) is 4.07. The molecule has 0 saturated heterocycles. The van der Waals surface area contributed by atoms with Crippen molar-refractivity contribution in [3.05, 3.63) is 18.0 Å².